The number of nitrogens with one attached hydrogen (secondary N) is 1. The number of hydrogen-bond donors (Lipinski definition) is 1. The number of hydrogen-bond acceptors (Lipinski definition) is 3. The van der Waals surface area contributed by atoms with Crippen LogP contribution in [0.25, 0.3) is 0 Å². The van der Waals surface area contributed by atoms with Gasteiger partial charge in [0.1, 0.15) is 0 Å². The van der Waals surface area contributed by atoms with Crippen molar-refractivity contribution < 1.29 is 0 Å². The maximum Gasteiger partial charge on any atom is 0.153 e. The number of thioether (sulfide) groups is 1. The van der Waals surface area contributed by atoms with Gasteiger partial charge >= 0.3 is 0 Å². The van der Waals surface area contributed by atoms with Crippen molar-refractivity contribution in [3.8, 4) is 0 Å². The van der Waals surface area contributed by atoms with E-state index in [1.54, 1.807) is 0 Å². The van der Waals surface area contributed by atoms with Gasteiger partial charge in [0.25, 0.3) is 0 Å². The SMILES string of the molecule is CSC(=S)NN=C1Cc2ccccc2C1. The first-order valence-corrected chi connectivity index (χ1v) is 6.39. The van der Waals surface area contributed by atoms with Crippen LogP contribution in [0, 0.1) is 0 Å². The molecule has 1 aromatic rings. The summed E-state index contributed by atoms with van der Waals surface area (Å²) in [5.74, 6) is 0. The van der Waals surface area contributed by atoms with Gasteiger partial charge in [0.2, 0.25) is 0 Å². The lowest BCUT2D eigenvalue weighted by atomic mass is 10.1. The molecule has 1 aromatic carbocycles. The first kappa shape index (κ1) is 10.6. The third-order valence-electron chi connectivity index (χ3n) is 2.40. The third-order valence-corrected chi connectivity index (χ3v) is 3.45. The zero-order chi connectivity index (χ0) is 10.7. The van der Waals surface area contributed by atoms with Crippen LogP contribution >= 0.6 is 24.0 Å². The van der Waals surface area contributed by atoms with Gasteiger partial charge in [-0.05, 0) is 17.4 Å². The van der Waals surface area contributed by atoms with Crippen LogP contribution in [0.5, 0.6) is 0 Å². The molecule has 1 aliphatic carbocycles. The Kier molecular flexibility index (Phi) is 3.38. The average molecular weight is 236 g/mol. The normalized spacial score (nSPS) is 13.5. The summed E-state index contributed by atoms with van der Waals surface area (Å²) in [5.41, 5.74) is 6.82. The largest absolute Gasteiger partial charge is 0.262 e. The Balaban J connectivity index is 2.04. The summed E-state index contributed by atoms with van der Waals surface area (Å²) in [7, 11) is 0. The minimum atomic E-state index is 0.721. The zero-order valence-electron chi connectivity index (χ0n) is 8.49. The highest BCUT2D eigenvalue weighted by Gasteiger charge is 2.15. The predicted octanol–water partition coefficient (Wildman–Crippen LogP) is 2.38. The van der Waals surface area contributed by atoms with Crippen LogP contribution < -0.4 is 5.43 Å². The lowest BCUT2D eigenvalue weighted by molar-refractivity contribution is 1.04. The number of thiocarbonyl (C=S) groups is 1. The minimum absolute atomic E-state index is 0.721. The monoisotopic (exact) mass is 236 g/mol. The second kappa shape index (κ2) is 4.77. The molecule has 0 unspecified atom stereocenters. The van der Waals surface area contributed by atoms with Gasteiger partial charge < -0.3 is 0 Å². The molecule has 0 heterocycles. The van der Waals surface area contributed by atoms with E-state index in [9.17, 15) is 0 Å². The summed E-state index contributed by atoms with van der Waals surface area (Å²) >= 11 is 6.53. The van der Waals surface area contributed by atoms with E-state index in [0.29, 0.717) is 0 Å². The summed E-state index contributed by atoms with van der Waals surface area (Å²) in [6.45, 7) is 0. The molecule has 78 valence electrons. The molecule has 0 spiro atoms. The molecule has 4 heteroatoms. The number of fused-ring (bicyclic) bond motifs is 1. The van der Waals surface area contributed by atoms with Crippen LogP contribution in [0.3, 0.4) is 0 Å². The van der Waals surface area contributed by atoms with Crippen LogP contribution in [0.2, 0.25) is 0 Å². The first-order valence-electron chi connectivity index (χ1n) is 4.76. The molecule has 0 atom stereocenters. The molecule has 0 radical (unpaired) electrons. The number of benzene rings is 1. The average Bonchev–Trinajstić information content (AvgIpc) is 2.68. The third kappa shape index (κ3) is 2.58. The zero-order valence-corrected chi connectivity index (χ0v) is 10.1. The van der Waals surface area contributed by atoms with Gasteiger partial charge in [-0.1, -0.05) is 48.2 Å². The van der Waals surface area contributed by atoms with E-state index in [4.69, 9.17) is 12.2 Å². The summed E-state index contributed by atoms with van der Waals surface area (Å²) in [5, 5.41) is 4.31. The van der Waals surface area contributed by atoms with Gasteiger partial charge in [-0.15, -0.1) is 0 Å². The second-order valence-corrected chi connectivity index (χ2v) is 4.89. The fourth-order valence-corrected chi connectivity index (χ4v) is 1.84. The van der Waals surface area contributed by atoms with Crippen molar-refractivity contribution >= 4 is 34.0 Å². The molecule has 15 heavy (non-hydrogen) atoms. The molecule has 0 bridgehead atoms. The van der Waals surface area contributed by atoms with E-state index in [1.165, 1.54) is 22.9 Å². The molecule has 2 nitrogen and oxygen atoms in total. The van der Waals surface area contributed by atoms with Crippen LogP contribution in [0.4, 0.5) is 0 Å². The maximum absolute atomic E-state index is 5.02. The molecule has 1 N–H and O–H groups in total. The molecule has 1 aliphatic rings. The smallest absolute Gasteiger partial charge is 0.153 e. The quantitative estimate of drug-likeness (QED) is 0.598. The van der Waals surface area contributed by atoms with Crippen molar-refractivity contribution in [2.75, 3.05) is 6.26 Å². The van der Waals surface area contributed by atoms with Gasteiger partial charge in [-0.25, -0.2) is 0 Å². The van der Waals surface area contributed by atoms with E-state index in [1.807, 2.05) is 6.26 Å². The summed E-state index contributed by atoms with van der Waals surface area (Å²) in [6, 6.07) is 8.46. The van der Waals surface area contributed by atoms with Gasteiger partial charge in [-0.3, -0.25) is 5.43 Å². The molecule has 0 saturated carbocycles. The Bertz CT molecular complexity index is 386. The van der Waals surface area contributed by atoms with Gasteiger partial charge in [-0.2, -0.15) is 5.10 Å². The Hall–Kier alpha value is -0.870. The topological polar surface area (TPSA) is 24.4 Å². The molecule has 2 rings (SSSR count). The predicted molar refractivity (Wildman–Crippen MR) is 70.5 cm³/mol. The highest BCUT2D eigenvalue weighted by atomic mass is 32.2. The lowest BCUT2D eigenvalue weighted by Gasteiger charge is -1.99. The molecule has 0 fully saturated rings. The van der Waals surface area contributed by atoms with Crippen molar-refractivity contribution in [3.05, 3.63) is 35.4 Å². The van der Waals surface area contributed by atoms with Crippen molar-refractivity contribution in [1.82, 2.24) is 5.43 Å². The van der Waals surface area contributed by atoms with Crippen LogP contribution in [-0.2, 0) is 12.8 Å². The molecular weight excluding hydrogens is 224 g/mol. The summed E-state index contributed by atoms with van der Waals surface area (Å²) < 4.78 is 0.721. The maximum atomic E-state index is 5.02. The van der Waals surface area contributed by atoms with Gasteiger partial charge in [0.05, 0.1) is 0 Å². The lowest BCUT2D eigenvalue weighted by Crippen LogP contribution is -2.14. The summed E-state index contributed by atoms with van der Waals surface area (Å²) in [6.07, 6.45) is 3.83. The second-order valence-electron chi connectivity index (χ2n) is 3.40. The number of nitrogens with zero attached hydrogens (tertiary/aromatic N) is 1. The summed E-state index contributed by atoms with van der Waals surface area (Å²) in [4.78, 5) is 0. The van der Waals surface area contributed by atoms with Crippen molar-refractivity contribution in [2.45, 2.75) is 12.8 Å². The Morgan fingerprint density at radius 1 is 1.33 bits per heavy atom. The first-order chi connectivity index (χ1) is 7.29. The fourth-order valence-electron chi connectivity index (χ4n) is 1.65. The van der Waals surface area contributed by atoms with Gasteiger partial charge in [0.15, 0.2) is 4.32 Å². The fraction of sp³-hybridized carbons (Fsp3) is 0.273. The van der Waals surface area contributed by atoms with Crippen LogP contribution in [0.15, 0.2) is 29.4 Å². The highest BCUT2D eigenvalue weighted by Crippen LogP contribution is 2.19. The highest BCUT2D eigenvalue weighted by molar-refractivity contribution is 8.22. The van der Waals surface area contributed by atoms with E-state index >= 15 is 0 Å². The Morgan fingerprint density at radius 3 is 2.47 bits per heavy atom. The molecule has 0 aliphatic heterocycles. The van der Waals surface area contributed by atoms with Crippen molar-refractivity contribution in [2.24, 2.45) is 5.10 Å². The molecule has 0 saturated heterocycles. The van der Waals surface area contributed by atoms with Crippen LogP contribution in [-0.4, -0.2) is 16.3 Å². The molecule has 0 aromatic heterocycles. The Labute approximate surface area is 99.1 Å². The number of rotatable bonds is 1. The van der Waals surface area contributed by atoms with E-state index in [2.05, 4.69) is 34.8 Å². The number of hydrazone groups is 1. The minimum Gasteiger partial charge on any atom is -0.262 e. The van der Waals surface area contributed by atoms with E-state index in [0.717, 1.165) is 22.9 Å². The molecular formula is C11H12N2S2. The van der Waals surface area contributed by atoms with E-state index in [-0.39, 0.29) is 0 Å². The van der Waals surface area contributed by atoms with Gasteiger partial charge in [0, 0.05) is 18.6 Å². The van der Waals surface area contributed by atoms with Crippen LogP contribution in [0.1, 0.15) is 11.1 Å². The van der Waals surface area contributed by atoms with E-state index < -0.39 is 0 Å². The van der Waals surface area contributed by atoms with Crippen molar-refractivity contribution in [1.29, 1.82) is 0 Å². The standard InChI is InChI=1S/C11H12N2S2/c1-15-11(14)13-12-10-6-8-4-2-3-5-9(8)7-10/h2-5H,6-7H2,1H3,(H,13,14). The van der Waals surface area contributed by atoms with Crippen molar-refractivity contribution in [3.63, 3.8) is 0 Å². The Morgan fingerprint density at radius 2 is 1.93 bits per heavy atom. The molecule has 0 amide bonds.